The van der Waals surface area contributed by atoms with Crippen LogP contribution in [0.3, 0.4) is 0 Å². The molecular formula is C15H19N5O2. The van der Waals surface area contributed by atoms with Gasteiger partial charge in [0, 0.05) is 30.4 Å². The summed E-state index contributed by atoms with van der Waals surface area (Å²) in [5, 5.41) is 7.45. The van der Waals surface area contributed by atoms with Gasteiger partial charge in [0.05, 0.1) is 18.3 Å². The smallest absolute Gasteiger partial charge is 0.246 e. The number of amides is 1. The summed E-state index contributed by atoms with van der Waals surface area (Å²) in [6.07, 6.45) is 2.78. The van der Waals surface area contributed by atoms with Gasteiger partial charge in [-0.3, -0.25) is 4.79 Å². The predicted molar refractivity (Wildman–Crippen MR) is 81.0 cm³/mol. The topological polar surface area (TPSA) is 71.8 Å². The molecule has 2 aromatic rings. The summed E-state index contributed by atoms with van der Waals surface area (Å²) in [5.74, 6) is 1.03. The maximum atomic E-state index is 11.6. The number of aryl methyl sites for hydroxylation is 1. The number of morpholine rings is 1. The van der Waals surface area contributed by atoms with Crippen LogP contribution in [-0.4, -0.2) is 52.3 Å². The Hall–Kier alpha value is -2.15. The van der Waals surface area contributed by atoms with E-state index in [2.05, 4.69) is 27.2 Å². The molecule has 22 heavy (non-hydrogen) atoms. The highest BCUT2D eigenvalue weighted by Gasteiger charge is 2.36. The van der Waals surface area contributed by atoms with Crippen molar-refractivity contribution in [1.82, 2.24) is 19.9 Å². The number of aromatic nitrogens is 3. The number of piperidine rings is 1. The van der Waals surface area contributed by atoms with E-state index in [0.717, 1.165) is 42.2 Å². The first-order chi connectivity index (χ1) is 10.6. The van der Waals surface area contributed by atoms with Crippen LogP contribution >= 0.6 is 0 Å². The zero-order valence-corrected chi connectivity index (χ0v) is 12.7. The molecule has 0 unspecified atom stereocenters. The lowest BCUT2D eigenvalue weighted by atomic mass is 10.00. The molecule has 0 aromatic carbocycles. The highest BCUT2D eigenvalue weighted by atomic mass is 16.5. The van der Waals surface area contributed by atoms with Crippen LogP contribution in [0.5, 0.6) is 0 Å². The maximum Gasteiger partial charge on any atom is 0.246 e. The number of rotatable bonds is 1. The molecule has 2 aliphatic rings. The lowest BCUT2D eigenvalue weighted by Gasteiger charge is -2.42. The van der Waals surface area contributed by atoms with Crippen LogP contribution in [0.15, 0.2) is 12.3 Å². The molecule has 7 nitrogen and oxygen atoms in total. The van der Waals surface area contributed by atoms with Gasteiger partial charge in [-0.1, -0.05) is 0 Å². The van der Waals surface area contributed by atoms with Gasteiger partial charge >= 0.3 is 0 Å². The molecule has 4 rings (SSSR count). The fraction of sp³-hybridized carbons (Fsp3) is 0.533. The average Bonchev–Trinajstić information content (AvgIpc) is 2.95. The van der Waals surface area contributed by atoms with E-state index < -0.39 is 0 Å². The summed E-state index contributed by atoms with van der Waals surface area (Å²) in [5.41, 5.74) is 2.98. The summed E-state index contributed by atoms with van der Waals surface area (Å²) in [4.78, 5) is 18.4. The van der Waals surface area contributed by atoms with Gasteiger partial charge in [0.15, 0.2) is 5.65 Å². The van der Waals surface area contributed by atoms with Crippen molar-refractivity contribution < 1.29 is 9.53 Å². The first-order valence-corrected chi connectivity index (χ1v) is 7.60. The number of carbonyl (C=O) groups is 1. The van der Waals surface area contributed by atoms with Crippen molar-refractivity contribution >= 4 is 17.4 Å². The minimum Gasteiger partial charge on any atom is -0.366 e. The van der Waals surface area contributed by atoms with E-state index in [1.165, 1.54) is 0 Å². The monoisotopic (exact) mass is 301 g/mol. The SMILES string of the molecule is Cc1nc2ccnn2c(N2CC[C@H]3OCC(=O)N[C@H]3C2)c1C. The molecule has 1 amide bonds. The Morgan fingerprint density at radius 3 is 3.14 bits per heavy atom. The molecule has 2 fully saturated rings. The molecule has 4 heterocycles. The number of anilines is 1. The van der Waals surface area contributed by atoms with Crippen molar-refractivity contribution in [1.29, 1.82) is 0 Å². The zero-order chi connectivity index (χ0) is 15.3. The van der Waals surface area contributed by atoms with Gasteiger partial charge in [-0.25, -0.2) is 4.98 Å². The second kappa shape index (κ2) is 4.95. The minimum atomic E-state index is -0.0324. The van der Waals surface area contributed by atoms with Gasteiger partial charge in [-0.2, -0.15) is 9.61 Å². The number of hydrogen-bond donors (Lipinski definition) is 1. The van der Waals surface area contributed by atoms with E-state index in [-0.39, 0.29) is 24.7 Å². The van der Waals surface area contributed by atoms with Crippen LogP contribution in [0.1, 0.15) is 17.7 Å². The molecule has 0 aliphatic carbocycles. The normalized spacial score (nSPS) is 25.2. The third-order valence-corrected chi connectivity index (χ3v) is 4.61. The quantitative estimate of drug-likeness (QED) is 0.827. The first kappa shape index (κ1) is 13.5. The van der Waals surface area contributed by atoms with Crippen LogP contribution in [0, 0.1) is 13.8 Å². The largest absolute Gasteiger partial charge is 0.366 e. The van der Waals surface area contributed by atoms with Gasteiger partial charge in [0.2, 0.25) is 5.91 Å². The highest BCUT2D eigenvalue weighted by Crippen LogP contribution is 2.27. The van der Waals surface area contributed by atoms with Crippen molar-refractivity contribution in [2.75, 3.05) is 24.6 Å². The van der Waals surface area contributed by atoms with Crippen LogP contribution < -0.4 is 10.2 Å². The Morgan fingerprint density at radius 1 is 1.41 bits per heavy atom. The Balaban J connectivity index is 1.72. The third-order valence-electron chi connectivity index (χ3n) is 4.61. The molecule has 0 radical (unpaired) electrons. The van der Waals surface area contributed by atoms with Crippen LogP contribution in [0.2, 0.25) is 0 Å². The molecule has 0 saturated carbocycles. The predicted octanol–water partition coefficient (Wildman–Crippen LogP) is 0.440. The Kier molecular flexibility index (Phi) is 3.04. The summed E-state index contributed by atoms with van der Waals surface area (Å²) in [6, 6.07) is 1.95. The Labute approximate surface area is 128 Å². The maximum absolute atomic E-state index is 11.6. The molecular weight excluding hydrogens is 282 g/mol. The van der Waals surface area contributed by atoms with Crippen LogP contribution in [0.25, 0.3) is 5.65 Å². The van der Waals surface area contributed by atoms with Crippen molar-refractivity contribution in [3.63, 3.8) is 0 Å². The van der Waals surface area contributed by atoms with Crippen molar-refractivity contribution in [2.45, 2.75) is 32.4 Å². The first-order valence-electron chi connectivity index (χ1n) is 7.60. The van der Waals surface area contributed by atoms with Crippen molar-refractivity contribution in [3.05, 3.63) is 23.5 Å². The Bertz CT molecular complexity index is 741. The number of fused-ring (bicyclic) bond motifs is 2. The number of carbonyl (C=O) groups excluding carboxylic acids is 1. The van der Waals surface area contributed by atoms with E-state index in [9.17, 15) is 4.79 Å². The molecule has 1 N–H and O–H groups in total. The van der Waals surface area contributed by atoms with E-state index in [1.54, 1.807) is 6.20 Å². The fourth-order valence-electron chi connectivity index (χ4n) is 3.38. The van der Waals surface area contributed by atoms with E-state index in [0.29, 0.717) is 0 Å². The van der Waals surface area contributed by atoms with Crippen molar-refractivity contribution in [3.8, 4) is 0 Å². The van der Waals surface area contributed by atoms with Crippen molar-refractivity contribution in [2.24, 2.45) is 0 Å². The lowest BCUT2D eigenvalue weighted by molar-refractivity contribution is -0.137. The second-order valence-electron chi connectivity index (χ2n) is 6.01. The lowest BCUT2D eigenvalue weighted by Crippen LogP contribution is -2.60. The second-order valence-corrected chi connectivity index (χ2v) is 6.01. The van der Waals surface area contributed by atoms with Gasteiger partial charge in [0.1, 0.15) is 12.4 Å². The van der Waals surface area contributed by atoms with Gasteiger partial charge in [-0.15, -0.1) is 0 Å². The summed E-state index contributed by atoms with van der Waals surface area (Å²) in [6.45, 7) is 5.88. The highest BCUT2D eigenvalue weighted by molar-refractivity contribution is 5.78. The zero-order valence-electron chi connectivity index (χ0n) is 12.7. The summed E-state index contributed by atoms with van der Waals surface area (Å²) >= 11 is 0. The van der Waals surface area contributed by atoms with Gasteiger partial charge in [-0.05, 0) is 20.3 Å². The molecule has 7 heteroatoms. The number of ether oxygens (including phenoxy) is 1. The number of nitrogens with zero attached hydrogens (tertiary/aromatic N) is 4. The Morgan fingerprint density at radius 2 is 2.27 bits per heavy atom. The fourth-order valence-corrected chi connectivity index (χ4v) is 3.38. The standard InChI is InChI=1S/C15H19N5O2/c1-9-10(2)17-13-3-5-16-20(13)15(9)19-6-4-12-11(7-19)18-14(21)8-22-12/h3,5,11-12H,4,6-8H2,1-2H3,(H,18,21)/t11-,12+/m0/s1. The summed E-state index contributed by atoms with van der Waals surface area (Å²) < 4.78 is 7.51. The molecule has 2 atom stereocenters. The van der Waals surface area contributed by atoms with E-state index in [4.69, 9.17) is 4.74 Å². The molecule has 2 aromatic heterocycles. The number of hydrogen-bond acceptors (Lipinski definition) is 5. The molecule has 0 bridgehead atoms. The molecule has 2 aliphatic heterocycles. The van der Waals surface area contributed by atoms with Crippen LogP contribution in [0.4, 0.5) is 5.82 Å². The van der Waals surface area contributed by atoms with Gasteiger partial charge < -0.3 is 15.0 Å². The third kappa shape index (κ3) is 2.04. The number of nitrogens with one attached hydrogen (secondary N) is 1. The molecule has 0 spiro atoms. The molecule has 116 valence electrons. The molecule has 2 saturated heterocycles. The summed E-state index contributed by atoms with van der Waals surface area (Å²) in [7, 11) is 0. The van der Waals surface area contributed by atoms with Gasteiger partial charge in [0.25, 0.3) is 0 Å². The average molecular weight is 301 g/mol. The van der Waals surface area contributed by atoms with E-state index in [1.807, 2.05) is 17.5 Å². The van der Waals surface area contributed by atoms with Crippen LogP contribution in [-0.2, 0) is 9.53 Å². The van der Waals surface area contributed by atoms with E-state index >= 15 is 0 Å². The minimum absolute atomic E-state index is 0.0324.